The van der Waals surface area contributed by atoms with E-state index in [9.17, 15) is 9.59 Å². The van der Waals surface area contributed by atoms with Crippen LogP contribution in [0.2, 0.25) is 0 Å². The van der Waals surface area contributed by atoms with E-state index < -0.39 is 18.1 Å². The van der Waals surface area contributed by atoms with Crippen LogP contribution in [0.15, 0.2) is 95.0 Å². The number of hydrogen-bond acceptors (Lipinski definition) is 4. The second-order valence-corrected chi connectivity index (χ2v) is 7.61. The van der Waals surface area contributed by atoms with Crippen molar-refractivity contribution in [2.24, 2.45) is 0 Å². The smallest absolute Gasteiger partial charge is 0.408 e. The van der Waals surface area contributed by atoms with Crippen molar-refractivity contribution in [1.82, 2.24) is 5.32 Å². The first-order valence-electron chi connectivity index (χ1n) is 9.64. The van der Waals surface area contributed by atoms with Gasteiger partial charge in [-0.25, -0.2) is 9.59 Å². The summed E-state index contributed by atoms with van der Waals surface area (Å²) in [6.45, 7) is 0.121. The van der Waals surface area contributed by atoms with Crippen LogP contribution in [0.4, 0.5) is 4.79 Å². The largest absolute Gasteiger partial charge is 0.466 e. The van der Waals surface area contributed by atoms with Crippen molar-refractivity contribution in [1.29, 1.82) is 0 Å². The maximum atomic E-state index is 12.7. The molecule has 0 aliphatic carbocycles. The van der Waals surface area contributed by atoms with Gasteiger partial charge in [0.1, 0.15) is 6.61 Å². The predicted molar refractivity (Wildman–Crippen MR) is 123 cm³/mol. The van der Waals surface area contributed by atoms with Crippen molar-refractivity contribution < 1.29 is 19.1 Å². The Morgan fingerprint density at radius 1 is 0.935 bits per heavy atom. The molecular formula is C25H22BrNO4. The van der Waals surface area contributed by atoms with Gasteiger partial charge in [-0.05, 0) is 34.9 Å². The van der Waals surface area contributed by atoms with E-state index in [0.29, 0.717) is 5.56 Å². The molecule has 158 valence electrons. The summed E-state index contributed by atoms with van der Waals surface area (Å²) in [5, 5.41) is 2.81. The van der Waals surface area contributed by atoms with E-state index in [2.05, 4.69) is 21.2 Å². The Hall–Kier alpha value is -3.38. The van der Waals surface area contributed by atoms with E-state index in [1.807, 2.05) is 84.9 Å². The van der Waals surface area contributed by atoms with E-state index in [1.54, 1.807) is 6.08 Å². The fourth-order valence-electron chi connectivity index (χ4n) is 2.99. The highest BCUT2D eigenvalue weighted by atomic mass is 79.9. The first-order valence-corrected chi connectivity index (χ1v) is 10.4. The molecule has 0 spiro atoms. The van der Waals surface area contributed by atoms with Crippen LogP contribution in [0.1, 0.15) is 22.7 Å². The lowest BCUT2D eigenvalue weighted by Crippen LogP contribution is -2.32. The van der Waals surface area contributed by atoms with E-state index in [1.165, 1.54) is 7.11 Å². The Morgan fingerprint density at radius 2 is 1.55 bits per heavy atom. The van der Waals surface area contributed by atoms with Crippen molar-refractivity contribution in [3.63, 3.8) is 0 Å². The molecule has 0 aromatic heterocycles. The molecule has 1 N–H and O–H groups in total. The molecule has 1 atom stereocenters. The number of alkyl carbamates (subject to hydrolysis) is 1. The average molecular weight is 480 g/mol. The number of carbonyl (C=O) groups excluding carboxylic acids is 2. The fourth-order valence-corrected chi connectivity index (χ4v) is 3.25. The van der Waals surface area contributed by atoms with Crippen LogP contribution >= 0.6 is 15.9 Å². The SMILES string of the molecule is COC(=O)/C(=C/c1ccccc1)[C@@H](NC(=O)OCc1ccccc1)c1ccc(Br)cc1. The molecule has 5 nitrogen and oxygen atoms in total. The van der Waals surface area contributed by atoms with Gasteiger partial charge in [0.2, 0.25) is 0 Å². The van der Waals surface area contributed by atoms with Gasteiger partial charge in [0.05, 0.1) is 18.7 Å². The summed E-state index contributed by atoms with van der Waals surface area (Å²) in [6, 6.07) is 25.3. The summed E-state index contributed by atoms with van der Waals surface area (Å²) < 4.78 is 11.3. The highest BCUT2D eigenvalue weighted by molar-refractivity contribution is 9.10. The minimum absolute atomic E-state index is 0.121. The highest BCUT2D eigenvalue weighted by Gasteiger charge is 2.26. The third-order valence-corrected chi connectivity index (χ3v) is 5.06. The van der Waals surface area contributed by atoms with Crippen LogP contribution in [0.25, 0.3) is 6.08 Å². The number of rotatable bonds is 7. The molecule has 0 bridgehead atoms. The minimum atomic E-state index is -0.760. The molecule has 0 saturated heterocycles. The molecule has 6 heteroatoms. The maximum Gasteiger partial charge on any atom is 0.408 e. The molecule has 0 aliphatic rings. The van der Waals surface area contributed by atoms with Crippen LogP contribution in [0.5, 0.6) is 0 Å². The fraction of sp³-hybridized carbons (Fsp3) is 0.120. The highest BCUT2D eigenvalue weighted by Crippen LogP contribution is 2.27. The van der Waals surface area contributed by atoms with Gasteiger partial charge in [0, 0.05) is 4.47 Å². The lowest BCUT2D eigenvalue weighted by Gasteiger charge is -2.21. The van der Waals surface area contributed by atoms with Crippen LogP contribution in [-0.2, 0) is 20.9 Å². The second-order valence-electron chi connectivity index (χ2n) is 6.69. The molecule has 1 amide bonds. The van der Waals surface area contributed by atoms with Crippen molar-refractivity contribution >= 4 is 34.1 Å². The van der Waals surface area contributed by atoms with Gasteiger partial charge in [-0.2, -0.15) is 0 Å². The lowest BCUT2D eigenvalue weighted by atomic mass is 9.96. The standard InChI is InChI=1S/C25H22BrNO4/c1-30-24(28)22(16-18-8-4-2-5-9-18)23(20-12-14-21(26)15-13-20)27-25(29)31-17-19-10-6-3-7-11-19/h2-16,23H,17H2,1H3,(H,27,29)/b22-16+/t23-/m0/s1. The average Bonchev–Trinajstić information content (AvgIpc) is 2.81. The van der Waals surface area contributed by atoms with E-state index >= 15 is 0 Å². The van der Waals surface area contributed by atoms with Crippen LogP contribution in [0, 0.1) is 0 Å². The maximum absolute atomic E-state index is 12.7. The van der Waals surface area contributed by atoms with Crippen molar-refractivity contribution in [2.45, 2.75) is 12.6 Å². The molecule has 3 aromatic rings. The second kappa shape index (κ2) is 11.1. The van der Waals surface area contributed by atoms with Crippen molar-refractivity contribution in [2.75, 3.05) is 7.11 Å². The number of hydrogen-bond donors (Lipinski definition) is 1. The summed E-state index contributed by atoms with van der Waals surface area (Å²) >= 11 is 3.41. The summed E-state index contributed by atoms with van der Waals surface area (Å²) in [5.41, 5.74) is 2.68. The van der Waals surface area contributed by atoms with Gasteiger partial charge < -0.3 is 14.8 Å². The molecule has 0 unspecified atom stereocenters. The Morgan fingerprint density at radius 3 is 2.16 bits per heavy atom. The third kappa shape index (κ3) is 6.55. The summed E-state index contributed by atoms with van der Waals surface area (Å²) in [6.07, 6.45) is 1.07. The molecule has 0 radical (unpaired) electrons. The van der Waals surface area contributed by atoms with E-state index in [4.69, 9.17) is 9.47 Å². The van der Waals surface area contributed by atoms with Crippen molar-refractivity contribution in [3.05, 3.63) is 112 Å². The monoisotopic (exact) mass is 479 g/mol. The Bertz CT molecular complexity index is 1030. The Labute approximate surface area is 189 Å². The van der Waals surface area contributed by atoms with Crippen LogP contribution in [0.3, 0.4) is 0 Å². The third-order valence-electron chi connectivity index (χ3n) is 4.53. The van der Waals surface area contributed by atoms with Gasteiger partial charge in [0.15, 0.2) is 0 Å². The van der Waals surface area contributed by atoms with Gasteiger partial charge in [-0.1, -0.05) is 88.7 Å². The number of methoxy groups -OCH3 is 1. The first kappa shape index (κ1) is 22.3. The summed E-state index contributed by atoms with van der Waals surface area (Å²) in [7, 11) is 1.31. The molecule has 0 saturated carbocycles. The minimum Gasteiger partial charge on any atom is -0.466 e. The van der Waals surface area contributed by atoms with Gasteiger partial charge >= 0.3 is 12.1 Å². The molecule has 3 rings (SSSR count). The molecule has 0 aliphatic heterocycles. The summed E-state index contributed by atoms with van der Waals surface area (Å²) in [5.74, 6) is -0.542. The van der Waals surface area contributed by atoms with Crippen molar-refractivity contribution in [3.8, 4) is 0 Å². The molecule has 3 aromatic carbocycles. The number of carbonyl (C=O) groups is 2. The van der Waals surface area contributed by atoms with E-state index in [-0.39, 0.29) is 12.2 Å². The molecule has 0 fully saturated rings. The normalized spacial score (nSPS) is 12.0. The number of halogens is 1. The zero-order chi connectivity index (χ0) is 22.1. The number of benzene rings is 3. The number of esters is 1. The molecular weight excluding hydrogens is 458 g/mol. The molecule has 0 heterocycles. The number of ether oxygens (including phenoxy) is 2. The number of amides is 1. The van der Waals surface area contributed by atoms with Crippen LogP contribution < -0.4 is 5.32 Å². The Balaban J connectivity index is 1.90. The van der Waals surface area contributed by atoms with Gasteiger partial charge in [0.25, 0.3) is 0 Å². The lowest BCUT2D eigenvalue weighted by molar-refractivity contribution is -0.136. The first-order chi connectivity index (χ1) is 15.1. The zero-order valence-electron chi connectivity index (χ0n) is 17.0. The quantitative estimate of drug-likeness (QED) is 0.350. The van der Waals surface area contributed by atoms with Gasteiger partial charge in [-0.3, -0.25) is 0 Å². The zero-order valence-corrected chi connectivity index (χ0v) is 18.5. The van der Waals surface area contributed by atoms with Crippen LogP contribution in [-0.4, -0.2) is 19.2 Å². The van der Waals surface area contributed by atoms with E-state index in [0.717, 1.165) is 15.6 Å². The topological polar surface area (TPSA) is 64.6 Å². The summed E-state index contributed by atoms with van der Waals surface area (Å²) in [4.78, 5) is 25.3. The van der Waals surface area contributed by atoms with Gasteiger partial charge in [-0.15, -0.1) is 0 Å². The molecule has 31 heavy (non-hydrogen) atoms. The Kier molecular flexibility index (Phi) is 8.01. The number of nitrogens with one attached hydrogen (secondary N) is 1. The predicted octanol–water partition coefficient (Wildman–Crippen LogP) is 5.67.